The zero-order chi connectivity index (χ0) is 20.4. The first kappa shape index (κ1) is 18.6. The summed E-state index contributed by atoms with van der Waals surface area (Å²) in [6.45, 7) is 3.42. The summed E-state index contributed by atoms with van der Waals surface area (Å²) >= 11 is 0. The molecule has 29 heavy (non-hydrogen) atoms. The Labute approximate surface area is 168 Å². The molecular formula is C22H26FN3O3. The van der Waals surface area contributed by atoms with Gasteiger partial charge in [0.1, 0.15) is 5.56 Å². The Bertz CT molecular complexity index is 1070. The van der Waals surface area contributed by atoms with Gasteiger partial charge in [-0.3, -0.25) is 14.1 Å². The van der Waals surface area contributed by atoms with Gasteiger partial charge < -0.3 is 10.0 Å². The van der Waals surface area contributed by atoms with Crippen LogP contribution in [0.25, 0.3) is 5.52 Å². The molecule has 2 aliphatic carbocycles. The van der Waals surface area contributed by atoms with E-state index in [1.54, 1.807) is 0 Å². The topological polar surface area (TPSA) is 65.3 Å². The number of pyridine rings is 2. The van der Waals surface area contributed by atoms with Gasteiger partial charge >= 0.3 is 5.97 Å². The van der Waals surface area contributed by atoms with Crippen molar-refractivity contribution < 1.29 is 14.3 Å². The third-order valence-electron chi connectivity index (χ3n) is 6.87. The zero-order valence-electron chi connectivity index (χ0n) is 16.8. The second-order valence-electron chi connectivity index (χ2n) is 8.85. The van der Waals surface area contributed by atoms with Gasteiger partial charge in [-0.2, -0.15) is 0 Å². The summed E-state index contributed by atoms with van der Waals surface area (Å²) in [5.74, 6) is -1.48. The van der Waals surface area contributed by atoms with E-state index in [9.17, 15) is 14.7 Å². The molecule has 154 valence electrons. The Balaban J connectivity index is 1.62. The van der Waals surface area contributed by atoms with Crippen molar-refractivity contribution in [1.29, 1.82) is 0 Å². The van der Waals surface area contributed by atoms with Crippen molar-refractivity contribution in [3.63, 3.8) is 0 Å². The van der Waals surface area contributed by atoms with Gasteiger partial charge in [-0.05, 0) is 69.2 Å². The lowest BCUT2D eigenvalue weighted by Gasteiger charge is -2.27. The van der Waals surface area contributed by atoms with E-state index in [-0.39, 0.29) is 11.5 Å². The fraction of sp³-hybridized carbons (Fsp3) is 0.545. The molecule has 1 saturated heterocycles. The summed E-state index contributed by atoms with van der Waals surface area (Å²) < 4.78 is 16.4. The van der Waals surface area contributed by atoms with Crippen LogP contribution in [0.3, 0.4) is 0 Å². The number of carboxylic acid groups (broad SMARTS) is 1. The third-order valence-corrected chi connectivity index (χ3v) is 6.87. The Hall–Kier alpha value is -2.41. The van der Waals surface area contributed by atoms with Crippen LogP contribution in [-0.4, -0.2) is 52.6 Å². The molecule has 3 fully saturated rings. The molecule has 1 aliphatic heterocycles. The monoisotopic (exact) mass is 399 g/mol. The summed E-state index contributed by atoms with van der Waals surface area (Å²) in [6.07, 6.45) is 6.62. The Morgan fingerprint density at radius 1 is 1.21 bits per heavy atom. The molecule has 7 heteroatoms. The molecule has 2 saturated carbocycles. The standard InChI is InChI=1S/C22H26FN3O3/c1-12-19-16(13-3-4-13)9-17(22(28)29)21(27)26(19)11-18(23)20(12)25-8-7-15(10-25)24(2)14-5-6-14/h9,11,13-15H,3-8,10H2,1-2H3,(H,28,29)/t15-/m0/s1. The molecule has 2 aromatic heterocycles. The first-order chi connectivity index (χ1) is 13.9. The fourth-order valence-electron chi connectivity index (χ4n) is 4.95. The fourth-order valence-corrected chi connectivity index (χ4v) is 4.95. The van der Waals surface area contributed by atoms with Crippen molar-refractivity contribution in [1.82, 2.24) is 9.30 Å². The van der Waals surface area contributed by atoms with E-state index in [0.717, 1.165) is 43.5 Å². The lowest BCUT2D eigenvalue weighted by Crippen LogP contribution is -2.36. The number of halogens is 1. The summed E-state index contributed by atoms with van der Waals surface area (Å²) in [5.41, 5.74) is 1.86. The number of carboxylic acids is 1. The van der Waals surface area contributed by atoms with Crippen LogP contribution in [0.15, 0.2) is 17.1 Å². The molecule has 0 bridgehead atoms. The minimum Gasteiger partial charge on any atom is -0.477 e. The maximum absolute atomic E-state index is 15.2. The highest BCUT2D eigenvalue weighted by Gasteiger charge is 2.36. The molecule has 1 atom stereocenters. The van der Waals surface area contributed by atoms with Crippen molar-refractivity contribution >= 4 is 17.2 Å². The smallest absolute Gasteiger partial charge is 0.341 e. The van der Waals surface area contributed by atoms with Crippen LogP contribution in [0.1, 0.15) is 59.5 Å². The lowest BCUT2D eigenvalue weighted by atomic mass is 10.0. The predicted molar refractivity (Wildman–Crippen MR) is 109 cm³/mol. The number of hydrogen-bond donors (Lipinski definition) is 1. The van der Waals surface area contributed by atoms with E-state index in [2.05, 4.69) is 16.8 Å². The Morgan fingerprint density at radius 3 is 2.55 bits per heavy atom. The molecule has 3 heterocycles. The summed E-state index contributed by atoms with van der Waals surface area (Å²) in [7, 11) is 2.16. The van der Waals surface area contributed by atoms with Crippen LogP contribution in [0.4, 0.5) is 10.1 Å². The number of nitrogens with zero attached hydrogens (tertiary/aromatic N) is 3. The number of aryl methyl sites for hydroxylation is 1. The molecule has 1 N–H and O–H groups in total. The number of rotatable bonds is 5. The van der Waals surface area contributed by atoms with Gasteiger partial charge in [-0.25, -0.2) is 9.18 Å². The number of aromatic carboxylic acids is 1. The van der Waals surface area contributed by atoms with Crippen molar-refractivity contribution in [2.45, 2.75) is 57.0 Å². The quantitative estimate of drug-likeness (QED) is 0.837. The van der Waals surface area contributed by atoms with Crippen molar-refractivity contribution in [2.75, 3.05) is 25.0 Å². The average molecular weight is 399 g/mol. The molecule has 5 rings (SSSR count). The second-order valence-corrected chi connectivity index (χ2v) is 8.85. The second kappa shape index (κ2) is 6.55. The van der Waals surface area contributed by atoms with E-state index in [0.29, 0.717) is 23.3 Å². The zero-order valence-corrected chi connectivity index (χ0v) is 16.8. The van der Waals surface area contributed by atoms with Crippen molar-refractivity contribution in [3.05, 3.63) is 45.1 Å². The van der Waals surface area contributed by atoms with Gasteiger partial charge in [-0.15, -0.1) is 0 Å². The number of likely N-dealkylation sites (N-methyl/N-ethyl adjacent to an activating group) is 1. The van der Waals surface area contributed by atoms with E-state index in [1.165, 1.54) is 29.5 Å². The maximum atomic E-state index is 15.2. The van der Waals surface area contributed by atoms with Gasteiger partial charge in [0.25, 0.3) is 5.56 Å². The highest BCUT2D eigenvalue weighted by Crippen LogP contribution is 2.44. The minimum absolute atomic E-state index is 0.244. The highest BCUT2D eigenvalue weighted by molar-refractivity contribution is 5.89. The number of aromatic nitrogens is 1. The van der Waals surface area contributed by atoms with Crippen LogP contribution < -0.4 is 10.5 Å². The van der Waals surface area contributed by atoms with Gasteiger partial charge in [-0.1, -0.05) is 0 Å². The molecule has 0 unspecified atom stereocenters. The van der Waals surface area contributed by atoms with Gasteiger partial charge in [0, 0.05) is 25.2 Å². The Kier molecular flexibility index (Phi) is 4.21. The summed E-state index contributed by atoms with van der Waals surface area (Å²) in [4.78, 5) is 28.8. The number of anilines is 1. The first-order valence-corrected chi connectivity index (χ1v) is 10.5. The number of hydrogen-bond acceptors (Lipinski definition) is 4. The van der Waals surface area contributed by atoms with E-state index in [4.69, 9.17) is 0 Å². The average Bonchev–Trinajstić information content (AvgIpc) is 3.59. The van der Waals surface area contributed by atoms with E-state index in [1.807, 2.05) is 6.92 Å². The van der Waals surface area contributed by atoms with E-state index < -0.39 is 17.3 Å². The molecule has 0 radical (unpaired) electrons. The first-order valence-electron chi connectivity index (χ1n) is 10.5. The molecule has 0 aromatic carbocycles. The molecular weight excluding hydrogens is 373 g/mol. The minimum atomic E-state index is -1.26. The molecule has 3 aliphatic rings. The van der Waals surface area contributed by atoms with Crippen LogP contribution >= 0.6 is 0 Å². The normalized spacial score (nSPS) is 22.1. The van der Waals surface area contributed by atoms with Crippen molar-refractivity contribution in [3.8, 4) is 0 Å². The SMILES string of the molecule is Cc1c(N2CC[C@H](N(C)C3CC3)C2)c(F)cn2c(=O)c(C(=O)O)cc(C3CC3)c12. The maximum Gasteiger partial charge on any atom is 0.341 e. The lowest BCUT2D eigenvalue weighted by molar-refractivity contribution is 0.0694. The predicted octanol–water partition coefficient (Wildman–Crippen LogP) is 3.00. The van der Waals surface area contributed by atoms with Crippen LogP contribution in [0.5, 0.6) is 0 Å². The highest BCUT2D eigenvalue weighted by atomic mass is 19.1. The largest absolute Gasteiger partial charge is 0.477 e. The van der Waals surface area contributed by atoms with Crippen LogP contribution in [0, 0.1) is 12.7 Å². The molecule has 2 aromatic rings. The molecule has 0 amide bonds. The van der Waals surface area contributed by atoms with Gasteiger partial charge in [0.05, 0.1) is 17.4 Å². The van der Waals surface area contributed by atoms with Crippen LogP contribution in [-0.2, 0) is 0 Å². The number of carbonyl (C=O) groups is 1. The molecule has 0 spiro atoms. The van der Waals surface area contributed by atoms with Gasteiger partial charge in [0.2, 0.25) is 0 Å². The Morgan fingerprint density at radius 2 is 1.93 bits per heavy atom. The third kappa shape index (κ3) is 3.03. The van der Waals surface area contributed by atoms with E-state index >= 15 is 4.39 Å². The van der Waals surface area contributed by atoms with Crippen LogP contribution in [0.2, 0.25) is 0 Å². The van der Waals surface area contributed by atoms with Crippen molar-refractivity contribution in [2.24, 2.45) is 0 Å². The number of fused-ring (bicyclic) bond motifs is 1. The summed E-state index contributed by atoms with van der Waals surface area (Å²) in [5, 5.41) is 9.43. The molecule has 6 nitrogen and oxygen atoms in total. The van der Waals surface area contributed by atoms with Gasteiger partial charge in [0.15, 0.2) is 5.82 Å². The summed E-state index contributed by atoms with van der Waals surface area (Å²) in [6, 6.07) is 2.59.